The van der Waals surface area contributed by atoms with E-state index in [4.69, 9.17) is 10.5 Å². The van der Waals surface area contributed by atoms with Crippen LogP contribution in [0.5, 0.6) is 0 Å². The number of nitrogen functional groups attached to an aromatic ring is 1. The van der Waals surface area contributed by atoms with Crippen molar-refractivity contribution in [2.45, 2.75) is 26.4 Å². The van der Waals surface area contributed by atoms with Crippen molar-refractivity contribution in [2.24, 2.45) is 11.0 Å². The van der Waals surface area contributed by atoms with Crippen LogP contribution in [0.3, 0.4) is 0 Å². The van der Waals surface area contributed by atoms with Crippen LogP contribution < -0.4 is 5.73 Å². The second kappa shape index (κ2) is 6.27. The maximum atomic E-state index is 13.4. The number of hydrogen-bond acceptors (Lipinski definition) is 4. The average Bonchev–Trinajstić information content (AvgIpc) is 3.23. The highest BCUT2D eigenvalue weighted by Gasteiger charge is 2.21. The van der Waals surface area contributed by atoms with Crippen LogP contribution in [0, 0.1) is 18.7 Å². The maximum absolute atomic E-state index is 13.4. The standard InChI is InChI=1S/C16H19FN4O/c1-11-8-21(16(18)20-11)19-7-13-4-5-15(17)6-14(13)10-22-9-12-2-3-12/h4-8,12H,2-3,9-10H2,1H3,(H2,18,20). The molecule has 1 aliphatic carbocycles. The van der Waals surface area contributed by atoms with Crippen molar-refractivity contribution in [1.82, 2.24) is 9.66 Å². The van der Waals surface area contributed by atoms with Crippen molar-refractivity contribution in [3.63, 3.8) is 0 Å². The minimum Gasteiger partial charge on any atom is -0.376 e. The predicted molar refractivity (Wildman–Crippen MR) is 83.1 cm³/mol. The Morgan fingerprint density at radius 1 is 1.50 bits per heavy atom. The van der Waals surface area contributed by atoms with Crippen LogP contribution in [0.25, 0.3) is 0 Å². The molecule has 1 fully saturated rings. The predicted octanol–water partition coefficient (Wildman–Crippen LogP) is 2.72. The van der Waals surface area contributed by atoms with Crippen molar-refractivity contribution >= 4 is 12.2 Å². The van der Waals surface area contributed by atoms with Crippen molar-refractivity contribution < 1.29 is 9.13 Å². The first-order valence-electron chi connectivity index (χ1n) is 7.34. The van der Waals surface area contributed by atoms with Gasteiger partial charge in [-0.15, -0.1) is 0 Å². The molecule has 0 spiro atoms. The van der Waals surface area contributed by atoms with Gasteiger partial charge in [0.2, 0.25) is 5.95 Å². The molecule has 116 valence electrons. The smallest absolute Gasteiger partial charge is 0.221 e. The number of ether oxygens (including phenoxy) is 1. The van der Waals surface area contributed by atoms with E-state index in [2.05, 4.69) is 10.1 Å². The van der Waals surface area contributed by atoms with Crippen molar-refractivity contribution in [1.29, 1.82) is 0 Å². The zero-order chi connectivity index (χ0) is 15.5. The highest BCUT2D eigenvalue weighted by molar-refractivity contribution is 5.81. The fourth-order valence-corrected chi connectivity index (χ4v) is 2.17. The van der Waals surface area contributed by atoms with Gasteiger partial charge in [-0.05, 0) is 43.4 Å². The monoisotopic (exact) mass is 302 g/mol. The normalized spacial score (nSPS) is 14.8. The summed E-state index contributed by atoms with van der Waals surface area (Å²) in [4.78, 5) is 4.08. The fourth-order valence-electron chi connectivity index (χ4n) is 2.17. The Kier molecular flexibility index (Phi) is 4.20. The summed E-state index contributed by atoms with van der Waals surface area (Å²) < 4.78 is 20.6. The first-order valence-corrected chi connectivity index (χ1v) is 7.34. The largest absolute Gasteiger partial charge is 0.376 e. The molecule has 1 aliphatic rings. The summed E-state index contributed by atoms with van der Waals surface area (Å²) in [7, 11) is 0. The number of nitrogens with two attached hydrogens (primary N) is 1. The van der Waals surface area contributed by atoms with E-state index < -0.39 is 0 Å². The maximum Gasteiger partial charge on any atom is 0.221 e. The summed E-state index contributed by atoms with van der Waals surface area (Å²) in [6.45, 7) is 2.96. The lowest BCUT2D eigenvalue weighted by Crippen LogP contribution is -2.02. The van der Waals surface area contributed by atoms with E-state index in [1.54, 1.807) is 18.5 Å². The van der Waals surface area contributed by atoms with E-state index in [1.165, 1.54) is 29.7 Å². The number of rotatable bonds is 6. The molecule has 5 nitrogen and oxygen atoms in total. The summed E-state index contributed by atoms with van der Waals surface area (Å²) in [6, 6.07) is 4.58. The molecule has 22 heavy (non-hydrogen) atoms. The van der Waals surface area contributed by atoms with Gasteiger partial charge in [0.25, 0.3) is 0 Å². The number of aryl methyl sites for hydroxylation is 1. The van der Waals surface area contributed by atoms with Gasteiger partial charge < -0.3 is 10.5 Å². The quantitative estimate of drug-likeness (QED) is 0.834. The Labute approximate surface area is 128 Å². The third-order valence-corrected chi connectivity index (χ3v) is 3.57. The lowest BCUT2D eigenvalue weighted by molar-refractivity contribution is 0.111. The SMILES string of the molecule is Cc1cn(N=Cc2ccc(F)cc2COCC2CC2)c(N)n1. The molecule has 0 amide bonds. The first-order chi connectivity index (χ1) is 10.6. The summed E-state index contributed by atoms with van der Waals surface area (Å²) in [5, 5.41) is 4.27. The minimum absolute atomic E-state index is 0.278. The van der Waals surface area contributed by atoms with Gasteiger partial charge in [0.1, 0.15) is 5.82 Å². The van der Waals surface area contributed by atoms with Gasteiger partial charge in [0.05, 0.1) is 24.7 Å². The molecule has 0 bridgehead atoms. The number of aromatic nitrogens is 2. The number of hydrogen-bond donors (Lipinski definition) is 1. The molecule has 0 saturated heterocycles. The Morgan fingerprint density at radius 3 is 3.00 bits per heavy atom. The topological polar surface area (TPSA) is 65.4 Å². The minimum atomic E-state index is -0.278. The molecular weight excluding hydrogens is 283 g/mol. The molecule has 0 radical (unpaired) electrons. The van der Waals surface area contributed by atoms with Gasteiger partial charge in [0.15, 0.2) is 0 Å². The van der Waals surface area contributed by atoms with Crippen LogP contribution in [0.1, 0.15) is 29.7 Å². The summed E-state index contributed by atoms with van der Waals surface area (Å²) in [5.41, 5.74) is 8.12. The Hall–Kier alpha value is -2.21. The lowest BCUT2D eigenvalue weighted by atomic mass is 10.1. The van der Waals surface area contributed by atoms with E-state index in [1.807, 2.05) is 6.92 Å². The molecule has 2 aromatic rings. The third-order valence-electron chi connectivity index (χ3n) is 3.57. The molecule has 0 aliphatic heterocycles. The van der Waals surface area contributed by atoms with Gasteiger partial charge in [-0.25, -0.2) is 14.1 Å². The van der Waals surface area contributed by atoms with Gasteiger partial charge in [-0.1, -0.05) is 6.07 Å². The summed E-state index contributed by atoms with van der Waals surface area (Å²) >= 11 is 0. The lowest BCUT2D eigenvalue weighted by Gasteiger charge is -2.07. The zero-order valence-corrected chi connectivity index (χ0v) is 12.5. The van der Waals surface area contributed by atoms with Crippen LogP contribution in [0.2, 0.25) is 0 Å². The van der Waals surface area contributed by atoms with Gasteiger partial charge >= 0.3 is 0 Å². The number of anilines is 1. The molecular formula is C16H19FN4O. The van der Waals surface area contributed by atoms with E-state index in [-0.39, 0.29) is 5.82 Å². The van der Waals surface area contributed by atoms with Crippen LogP contribution in [-0.2, 0) is 11.3 Å². The Balaban J connectivity index is 1.74. The zero-order valence-electron chi connectivity index (χ0n) is 12.5. The molecule has 0 atom stereocenters. The van der Waals surface area contributed by atoms with Gasteiger partial charge in [0, 0.05) is 12.2 Å². The van der Waals surface area contributed by atoms with Crippen LogP contribution >= 0.6 is 0 Å². The Bertz CT molecular complexity index is 691. The van der Waals surface area contributed by atoms with E-state index >= 15 is 0 Å². The van der Waals surface area contributed by atoms with E-state index in [0.717, 1.165) is 23.4 Å². The highest BCUT2D eigenvalue weighted by Crippen LogP contribution is 2.29. The summed E-state index contributed by atoms with van der Waals surface area (Å²) in [5.74, 6) is 0.724. The van der Waals surface area contributed by atoms with E-state index in [0.29, 0.717) is 18.5 Å². The van der Waals surface area contributed by atoms with Crippen LogP contribution in [0.15, 0.2) is 29.5 Å². The third kappa shape index (κ3) is 3.71. The molecule has 0 unspecified atom stereocenters. The fraction of sp³-hybridized carbons (Fsp3) is 0.375. The highest BCUT2D eigenvalue weighted by atomic mass is 19.1. The molecule has 6 heteroatoms. The second-order valence-corrected chi connectivity index (χ2v) is 5.63. The van der Waals surface area contributed by atoms with Gasteiger partial charge in [-0.2, -0.15) is 5.10 Å². The first kappa shape index (κ1) is 14.7. The molecule has 3 rings (SSSR count). The number of nitrogens with zero attached hydrogens (tertiary/aromatic N) is 3. The molecule has 2 N–H and O–H groups in total. The van der Waals surface area contributed by atoms with Crippen molar-refractivity contribution in [3.8, 4) is 0 Å². The second-order valence-electron chi connectivity index (χ2n) is 5.63. The molecule has 1 aromatic heterocycles. The Morgan fingerprint density at radius 2 is 2.32 bits per heavy atom. The van der Waals surface area contributed by atoms with Gasteiger partial charge in [-0.3, -0.25) is 0 Å². The summed E-state index contributed by atoms with van der Waals surface area (Å²) in [6.07, 6.45) is 5.85. The number of benzene rings is 1. The average molecular weight is 302 g/mol. The number of halogens is 1. The molecule has 1 saturated carbocycles. The molecule has 1 aromatic carbocycles. The van der Waals surface area contributed by atoms with Crippen LogP contribution in [0.4, 0.5) is 10.3 Å². The van der Waals surface area contributed by atoms with Crippen LogP contribution in [-0.4, -0.2) is 22.5 Å². The number of imidazole rings is 1. The van der Waals surface area contributed by atoms with E-state index in [9.17, 15) is 4.39 Å². The van der Waals surface area contributed by atoms with Crippen molar-refractivity contribution in [3.05, 3.63) is 47.0 Å². The van der Waals surface area contributed by atoms with Crippen molar-refractivity contribution in [2.75, 3.05) is 12.3 Å². The molecule has 1 heterocycles.